The Balaban J connectivity index is 2.63. The third kappa shape index (κ3) is 2.47. The van der Waals surface area contributed by atoms with Crippen molar-refractivity contribution in [3.05, 3.63) is 22.9 Å². The molecular weight excluding hydrogens is 164 g/mol. The molecule has 0 aliphatic carbocycles. The standard InChI is InChI=1S/C10H18N2O/c1-4-8(2)7-9(3)12-6-5-11-10(12)13/h5-6,8-9H,4,7H2,1-3H3,(H,11,13). The lowest BCUT2D eigenvalue weighted by Gasteiger charge is -2.16. The fourth-order valence-corrected chi connectivity index (χ4v) is 1.54. The van der Waals surface area contributed by atoms with Gasteiger partial charge < -0.3 is 4.98 Å². The van der Waals surface area contributed by atoms with Gasteiger partial charge in [0.05, 0.1) is 0 Å². The minimum absolute atomic E-state index is 0.00389. The SMILES string of the molecule is CCC(C)CC(C)n1cc[nH]c1=O. The average Bonchev–Trinajstić information content (AvgIpc) is 2.51. The zero-order chi connectivity index (χ0) is 9.84. The number of H-pyrrole nitrogens is 1. The Morgan fingerprint density at radius 3 is 2.69 bits per heavy atom. The van der Waals surface area contributed by atoms with Crippen LogP contribution in [0.15, 0.2) is 17.2 Å². The number of nitrogens with one attached hydrogen (secondary N) is 1. The van der Waals surface area contributed by atoms with Crippen LogP contribution < -0.4 is 5.69 Å². The average molecular weight is 182 g/mol. The first-order chi connectivity index (χ1) is 6.15. The Morgan fingerprint density at radius 1 is 1.54 bits per heavy atom. The summed E-state index contributed by atoms with van der Waals surface area (Å²) in [4.78, 5) is 13.9. The highest BCUT2D eigenvalue weighted by Crippen LogP contribution is 2.17. The molecule has 1 rings (SSSR count). The summed E-state index contributed by atoms with van der Waals surface area (Å²) in [5.41, 5.74) is -0.00389. The van der Waals surface area contributed by atoms with E-state index >= 15 is 0 Å². The Kier molecular flexibility index (Phi) is 3.34. The topological polar surface area (TPSA) is 37.8 Å². The molecule has 1 aromatic heterocycles. The summed E-state index contributed by atoms with van der Waals surface area (Å²) in [6.45, 7) is 6.48. The number of rotatable bonds is 4. The molecule has 2 atom stereocenters. The summed E-state index contributed by atoms with van der Waals surface area (Å²) in [7, 11) is 0. The van der Waals surface area contributed by atoms with Crippen molar-refractivity contribution < 1.29 is 0 Å². The van der Waals surface area contributed by atoms with E-state index in [4.69, 9.17) is 0 Å². The lowest BCUT2D eigenvalue weighted by molar-refractivity contribution is 0.392. The van der Waals surface area contributed by atoms with Gasteiger partial charge in [0, 0.05) is 18.4 Å². The fraction of sp³-hybridized carbons (Fsp3) is 0.700. The molecule has 1 heterocycles. The fourth-order valence-electron chi connectivity index (χ4n) is 1.54. The summed E-state index contributed by atoms with van der Waals surface area (Å²) >= 11 is 0. The smallest absolute Gasteiger partial charge is 0.313 e. The van der Waals surface area contributed by atoms with Crippen molar-refractivity contribution in [3.63, 3.8) is 0 Å². The minimum Gasteiger partial charge on any atom is -0.313 e. The molecule has 2 unspecified atom stereocenters. The number of aromatic nitrogens is 2. The Bertz CT molecular complexity index is 300. The van der Waals surface area contributed by atoms with Gasteiger partial charge in [-0.25, -0.2) is 4.79 Å². The van der Waals surface area contributed by atoms with Gasteiger partial charge in [-0.3, -0.25) is 4.57 Å². The first kappa shape index (κ1) is 10.1. The van der Waals surface area contributed by atoms with Crippen LogP contribution in [0.4, 0.5) is 0 Å². The Hall–Kier alpha value is -0.990. The first-order valence-electron chi connectivity index (χ1n) is 4.90. The van der Waals surface area contributed by atoms with Crippen molar-refractivity contribution in [2.45, 2.75) is 39.7 Å². The highest BCUT2D eigenvalue weighted by Gasteiger charge is 2.09. The third-order valence-electron chi connectivity index (χ3n) is 2.59. The van der Waals surface area contributed by atoms with Crippen molar-refractivity contribution in [1.82, 2.24) is 9.55 Å². The molecule has 1 N–H and O–H groups in total. The molecule has 0 aliphatic rings. The van der Waals surface area contributed by atoms with Crippen molar-refractivity contribution >= 4 is 0 Å². The predicted molar refractivity (Wildman–Crippen MR) is 53.8 cm³/mol. The van der Waals surface area contributed by atoms with Crippen molar-refractivity contribution in [1.29, 1.82) is 0 Å². The number of nitrogens with zero attached hydrogens (tertiary/aromatic N) is 1. The molecule has 0 saturated carbocycles. The van der Waals surface area contributed by atoms with Gasteiger partial charge in [0.15, 0.2) is 0 Å². The van der Waals surface area contributed by atoms with Gasteiger partial charge in [0.2, 0.25) is 0 Å². The van der Waals surface area contributed by atoms with Gasteiger partial charge in [-0.1, -0.05) is 20.3 Å². The van der Waals surface area contributed by atoms with E-state index in [1.54, 1.807) is 10.8 Å². The van der Waals surface area contributed by atoms with Crippen LogP contribution in [0, 0.1) is 5.92 Å². The summed E-state index contributed by atoms with van der Waals surface area (Å²) < 4.78 is 1.76. The van der Waals surface area contributed by atoms with Crippen LogP contribution >= 0.6 is 0 Å². The van der Waals surface area contributed by atoms with Crippen LogP contribution in [0.2, 0.25) is 0 Å². The van der Waals surface area contributed by atoms with E-state index in [2.05, 4.69) is 25.8 Å². The van der Waals surface area contributed by atoms with Crippen LogP contribution in [0.3, 0.4) is 0 Å². The molecule has 3 heteroatoms. The van der Waals surface area contributed by atoms with E-state index in [1.807, 2.05) is 6.20 Å². The molecule has 0 aromatic carbocycles. The highest BCUT2D eigenvalue weighted by molar-refractivity contribution is 4.80. The molecule has 0 saturated heterocycles. The molecule has 0 bridgehead atoms. The second-order valence-corrected chi connectivity index (χ2v) is 3.77. The second kappa shape index (κ2) is 4.30. The summed E-state index contributed by atoms with van der Waals surface area (Å²) in [5, 5.41) is 0. The van der Waals surface area contributed by atoms with Crippen molar-refractivity contribution in [3.8, 4) is 0 Å². The van der Waals surface area contributed by atoms with E-state index < -0.39 is 0 Å². The number of hydrogen-bond donors (Lipinski definition) is 1. The number of hydrogen-bond acceptors (Lipinski definition) is 1. The molecular formula is C10H18N2O. The largest absolute Gasteiger partial charge is 0.325 e. The lowest BCUT2D eigenvalue weighted by Crippen LogP contribution is -2.21. The molecule has 0 aliphatic heterocycles. The van der Waals surface area contributed by atoms with Crippen LogP contribution in [0.1, 0.15) is 39.7 Å². The van der Waals surface area contributed by atoms with E-state index in [-0.39, 0.29) is 5.69 Å². The van der Waals surface area contributed by atoms with Gasteiger partial charge in [-0.15, -0.1) is 0 Å². The molecule has 1 aromatic rings. The monoisotopic (exact) mass is 182 g/mol. The summed E-state index contributed by atoms with van der Waals surface area (Å²) in [6, 6.07) is 0.300. The molecule has 3 nitrogen and oxygen atoms in total. The molecule has 0 spiro atoms. The van der Waals surface area contributed by atoms with Crippen molar-refractivity contribution in [2.75, 3.05) is 0 Å². The van der Waals surface area contributed by atoms with Gasteiger partial charge >= 0.3 is 5.69 Å². The van der Waals surface area contributed by atoms with E-state index in [0.29, 0.717) is 12.0 Å². The van der Waals surface area contributed by atoms with E-state index in [9.17, 15) is 4.79 Å². The second-order valence-electron chi connectivity index (χ2n) is 3.77. The molecule has 0 fully saturated rings. The third-order valence-corrected chi connectivity index (χ3v) is 2.59. The lowest BCUT2D eigenvalue weighted by atomic mass is 10.0. The van der Waals surface area contributed by atoms with Gasteiger partial charge in [0.25, 0.3) is 0 Å². The van der Waals surface area contributed by atoms with Crippen LogP contribution in [0.5, 0.6) is 0 Å². The van der Waals surface area contributed by atoms with Gasteiger partial charge in [0.1, 0.15) is 0 Å². The zero-order valence-electron chi connectivity index (χ0n) is 8.58. The van der Waals surface area contributed by atoms with Crippen LogP contribution in [0.25, 0.3) is 0 Å². The molecule has 0 radical (unpaired) electrons. The Labute approximate surface area is 78.8 Å². The first-order valence-corrected chi connectivity index (χ1v) is 4.90. The minimum atomic E-state index is -0.00389. The maximum atomic E-state index is 11.2. The summed E-state index contributed by atoms with van der Waals surface area (Å²) in [6.07, 6.45) is 5.74. The zero-order valence-corrected chi connectivity index (χ0v) is 8.58. The molecule has 13 heavy (non-hydrogen) atoms. The maximum Gasteiger partial charge on any atom is 0.325 e. The number of imidazole rings is 1. The molecule has 0 amide bonds. The van der Waals surface area contributed by atoms with E-state index in [1.165, 1.54) is 6.42 Å². The molecule has 74 valence electrons. The number of aromatic amines is 1. The summed E-state index contributed by atoms with van der Waals surface area (Å²) in [5.74, 6) is 0.678. The van der Waals surface area contributed by atoms with Crippen LogP contribution in [-0.2, 0) is 0 Å². The normalized spacial score (nSPS) is 15.6. The highest BCUT2D eigenvalue weighted by atomic mass is 16.1. The van der Waals surface area contributed by atoms with E-state index in [0.717, 1.165) is 6.42 Å². The van der Waals surface area contributed by atoms with Gasteiger partial charge in [-0.2, -0.15) is 0 Å². The van der Waals surface area contributed by atoms with Crippen molar-refractivity contribution in [2.24, 2.45) is 5.92 Å². The predicted octanol–water partition coefficient (Wildman–Crippen LogP) is 2.17. The Morgan fingerprint density at radius 2 is 2.23 bits per heavy atom. The van der Waals surface area contributed by atoms with Gasteiger partial charge in [-0.05, 0) is 19.3 Å². The van der Waals surface area contributed by atoms with Crippen LogP contribution in [-0.4, -0.2) is 9.55 Å². The quantitative estimate of drug-likeness (QED) is 0.761. The maximum absolute atomic E-state index is 11.2.